The van der Waals surface area contributed by atoms with Crippen LogP contribution in [-0.4, -0.2) is 40.2 Å². The Bertz CT molecular complexity index is 1170. The van der Waals surface area contributed by atoms with Crippen LogP contribution in [0.2, 0.25) is 5.02 Å². The normalized spacial score (nSPS) is 14.5. The van der Waals surface area contributed by atoms with Crippen LogP contribution >= 0.6 is 11.6 Å². The molecular formula is C24H25ClN4O2. The van der Waals surface area contributed by atoms with Crippen LogP contribution in [0.1, 0.15) is 24.1 Å². The van der Waals surface area contributed by atoms with E-state index in [9.17, 15) is 9.59 Å². The predicted molar refractivity (Wildman–Crippen MR) is 124 cm³/mol. The molecule has 2 heterocycles. The number of hydrogen-bond acceptors (Lipinski definition) is 4. The molecule has 6 nitrogen and oxygen atoms in total. The Morgan fingerprint density at radius 2 is 1.74 bits per heavy atom. The second-order valence-corrected chi connectivity index (χ2v) is 8.05. The van der Waals surface area contributed by atoms with E-state index in [4.69, 9.17) is 11.6 Å². The van der Waals surface area contributed by atoms with Gasteiger partial charge in [0.2, 0.25) is 5.91 Å². The number of likely N-dealkylation sites (tertiary alicyclic amines) is 1. The van der Waals surface area contributed by atoms with Gasteiger partial charge in [0.1, 0.15) is 0 Å². The Morgan fingerprint density at radius 3 is 2.52 bits per heavy atom. The summed E-state index contributed by atoms with van der Waals surface area (Å²) in [4.78, 5) is 27.6. The SMILES string of the molecule is O=C(/C=C/c1ccccc1Cl)NCc1nn(CCN2CCCC2)c(=O)c2ccccc12. The van der Waals surface area contributed by atoms with E-state index in [0.29, 0.717) is 22.6 Å². The Labute approximate surface area is 186 Å². The summed E-state index contributed by atoms with van der Waals surface area (Å²) in [6, 6.07) is 14.7. The molecule has 3 aromatic rings. The number of hydrogen-bond donors (Lipinski definition) is 1. The van der Waals surface area contributed by atoms with Gasteiger partial charge in [0.05, 0.1) is 24.2 Å². The largest absolute Gasteiger partial charge is 0.347 e. The van der Waals surface area contributed by atoms with Gasteiger partial charge in [-0.05, 0) is 49.7 Å². The van der Waals surface area contributed by atoms with Crippen molar-refractivity contribution < 1.29 is 4.79 Å². The molecule has 4 rings (SSSR count). The van der Waals surface area contributed by atoms with Crippen LogP contribution in [0.25, 0.3) is 16.8 Å². The van der Waals surface area contributed by atoms with Crippen molar-refractivity contribution in [3.8, 4) is 0 Å². The minimum atomic E-state index is -0.249. The Balaban J connectivity index is 1.50. The van der Waals surface area contributed by atoms with Gasteiger partial charge >= 0.3 is 0 Å². The zero-order valence-electron chi connectivity index (χ0n) is 17.3. The van der Waals surface area contributed by atoms with Crippen LogP contribution in [0.15, 0.2) is 59.4 Å². The lowest BCUT2D eigenvalue weighted by atomic mass is 10.1. The fourth-order valence-corrected chi connectivity index (χ4v) is 4.03. The van der Waals surface area contributed by atoms with Gasteiger partial charge in [-0.1, -0.05) is 48.0 Å². The third kappa shape index (κ3) is 5.21. The maximum Gasteiger partial charge on any atom is 0.274 e. The number of carbonyl (C=O) groups excluding carboxylic acids is 1. The molecular weight excluding hydrogens is 412 g/mol. The Kier molecular flexibility index (Phi) is 6.79. The minimum absolute atomic E-state index is 0.0940. The standard InChI is InChI=1S/C24H25ClN4O2/c25-21-10-4-1-7-18(21)11-12-23(30)26-17-22-19-8-2-3-9-20(19)24(31)29(27-22)16-15-28-13-5-6-14-28/h1-4,7-12H,5-6,13-17H2,(H,26,30)/b12-11+. The lowest BCUT2D eigenvalue weighted by Gasteiger charge is -2.16. The Morgan fingerprint density at radius 1 is 1.03 bits per heavy atom. The number of rotatable bonds is 7. The van der Waals surface area contributed by atoms with E-state index in [-0.39, 0.29) is 18.0 Å². The highest BCUT2D eigenvalue weighted by molar-refractivity contribution is 6.32. The van der Waals surface area contributed by atoms with Crippen molar-refractivity contribution in [3.05, 3.63) is 81.2 Å². The molecule has 2 aromatic carbocycles. The van der Waals surface area contributed by atoms with Crippen molar-refractivity contribution in [2.45, 2.75) is 25.9 Å². The molecule has 31 heavy (non-hydrogen) atoms. The lowest BCUT2D eigenvalue weighted by molar-refractivity contribution is -0.116. The molecule has 1 aromatic heterocycles. The number of nitrogens with one attached hydrogen (secondary N) is 1. The van der Waals surface area contributed by atoms with E-state index in [0.717, 1.165) is 30.6 Å². The maximum absolute atomic E-state index is 12.9. The van der Waals surface area contributed by atoms with E-state index in [1.165, 1.54) is 23.6 Å². The molecule has 160 valence electrons. The first kappa shape index (κ1) is 21.3. The molecule has 0 saturated carbocycles. The van der Waals surface area contributed by atoms with Gasteiger partial charge in [0.15, 0.2) is 0 Å². The maximum atomic E-state index is 12.9. The smallest absolute Gasteiger partial charge is 0.274 e. The number of fused-ring (bicyclic) bond motifs is 1. The summed E-state index contributed by atoms with van der Waals surface area (Å²) in [6.45, 7) is 3.72. The summed E-state index contributed by atoms with van der Waals surface area (Å²) in [6.07, 6.45) is 5.55. The van der Waals surface area contributed by atoms with Crippen LogP contribution in [0.4, 0.5) is 0 Å². The van der Waals surface area contributed by atoms with E-state index >= 15 is 0 Å². The highest BCUT2D eigenvalue weighted by Crippen LogP contribution is 2.16. The molecule has 7 heteroatoms. The molecule has 0 bridgehead atoms. The number of nitrogens with zero attached hydrogens (tertiary/aromatic N) is 3. The first-order valence-electron chi connectivity index (χ1n) is 10.5. The summed E-state index contributed by atoms with van der Waals surface area (Å²) in [5, 5.41) is 9.42. The van der Waals surface area contributed by atoms with Crippen molar-refractivity contribution >= 4 is 34.4 Å². The number of carbonyl (C=O) groups is 1. The summed E-state index contributed by atoms with van der Waals surface area (Å²) in [5.41, 5.74) is 1.36. The molecule has 0 aliphatic carbocycles. The molecule has 1 aliphatic heterocycles. The molecule has 0 unspecified atom stereocenters. The first-order chi connectivity index (χ1) is 15.1. The van der Waals surface area contributed by atoms with E-state index in [1.807, 2.05) is 42.5 Å². The molecule has 0 radical (unpaired) electrons. The summed E-state index contributed by atoms with van der Waals surface area (Å²) >= 11 is 6.13. The third-order valence-electron chi connectivity index (χ3n) is 5.52. The fraction of sp³-hybridized carbons (Fsp3) is 0.292. The molecule has 1 amide bonds. The number of benzene rings is 2. The molecule has 0 atom stereocenters. The van der Waals surface area contributed by atoms with Gasteiger partial charge in [-0.25, -0.2) is 4.68 Å². The van der Waals surface area contributed by atoms with Crippen molar-refractivity contribution in [1.29, 1.82) is 0 Å². The van der Waals surface area contributed by atoms with Crippen LogP contribution in [-0.2, 0) is 17.9 Å². The second kappa shape index (κ2) is 9.90. The van der Waals surface area contributed by atoms with Gasteiger partial charge in [0.25, 0.3) is 5.56 Å². The highest BCUT2D eigenvalue weighted by Gasteiger charge is 2.14. The molecule has 1 saturated heterocycles. The average molecular weight is 437 g/mol. The Hall–Kier alpha value is -2.96. The molecule has 1 N–H and O–H groups in total. The van der Waals surface area contributed by atoms with E-state index < -0.39 is 0 Å². The van der Waals surface area contributed by atoms with Crippen LogP contribution in [0.5, 0.6) is 0 Å². The van der Waals surface area contributed by atoms with Crippen molar-refractivity contribution in [2.24, 2.45) is 0 Å². The van der Waals surface area contributed by atoms with Gasteiger partial charge in [-0.3, -0.25) is 9.59 Å². The quantitative estimate of drug-likeness (QED) is 0.576. The molecule has 1 aliphatic rings. The topological polar surface area (TPSA) is 67.2 Å². The monoisotopic (exact) mass is 436 g/mol. The van der Waals surface area contributed by atoms with Gasteiger partial charge in [0, 0.05) is 23.0 Å². The lowest BCUT2D eigenvalue weighted by Crippen LogP contribution is -2.32. The van der Waals surface area contributed by atoms with E-state index in [1.54, 1.807) is 12.1 Å². The summed E-state index contributed by atoms with van der Waals surface area (Å²) in [5.74, 6) is -0.249. The van der Waals surface area contributed by atoms with Crippen molar-refractivity contribution in [2.75, 3.05) is 19.6 Å². The van der Waals surface area contributed by atoms with Crippen molar-refractivity contribution in [3.63, 3.8) is 0 Å². The zero-order valence-corrected chi connectivity index (χ0v) is 18.0. The summed E-state index contributed by atoms with van der Waals surface area (Å²) in [7, 11) is 0. The highest BCUT2D eigenvalue weighted by atomic mass is 35.5. The summed E-state index contributed by atoms with van der Waals surface area (Å²) < 4.78 is 1.53. The van der Waals surface area contributed by atoms with Crippen molar-refractivity contribution in [1.82, 2.24) is 20.0 Å². The van der Waals surface area contributed by atoms with Crippen LogP contribution in [0, 0.1) is 0 Å². The second-order valence-electron chi connectivity index (χ2n) is 7.64. The number of halogens is 1. The van der Waals surface area contributed by atoms with E-state index in [2.05, 4.69) is 15.3 Å². The van der Waals surface area contributed by atoms with Gasteiger partial charge in [-0.15, -0.1) is 0 Å². The average Bonchev–Trinajstić information content (AvgIpc) is 3.31. The molecule has 0 spiro atoms. The van der Waals surface area contributed by atoms with Gasteiger partial charge in [-0.2, -0.15) is 5.10 Å². The first-order valence-corrected chi connectivity index (χ1v) is 10.9. The van der Waals surface area contributed by atoms with Crippen LogP contribution in [0.3, 0.4) is 0 Å². The number of aromatic nitrogens is 2. The molecule has 1 fully saturated rings. The van der Waals surface area contributed by atoms with Gasteiger partial charge < -0.3 is 10.2 Å². The van der Waals surface area contributed by atoms with Crippen LogP contribution < -0.4 is 10.9 Å². The third-order valence-corrected chi connectivity index (χ3v) is 5.86. The predicted octanol–water partition coefficient (Wildman–Crippen LogP) is 3.48. The number of amides is 1. The minimum Gasteiger partial charge on any atom is -0.347 e. The zero-order chi connectivity index (χ0) is 21.6. The fourth-order valence-electron chi connectivity index (χ4n) is 3.84.